The standard InChI is InChI=1S/C19H19ClN4O4/c1-11-8-16-21-9-13(19(27)24(16)22-11)18(26)23-6-7-28-15(10-25)17(23)12-4-2-3-5-14(12)20/h2-5,8-9,15,17,22,25H,6-7,10H2,1H3/t15-,17-/m0/s1. The number of H-pyrrole nitrogens is 1. The van der Waals surface area contributed by atoms with Gasteiger partial charge in [0.1, 0.15) is 11.7 Å². The Morgan fingerprint density at radius 1 is 1.43 bits per heavy atom. The van der Waals surface area contributed by atoms with Crippen molar-refractivity contribution in [3.8, 4) is 0 Å². The lowest BCUT2D eigenvalue weighted by Crippen LogP contribution is -2.50. The van der Waals surface area contributed by atoms with Crippen LogP contribution in [0.5, 0.6) is 0 Å². The van der Waals surface area contributed by atoms with Crippen LogP contribution in [0.25, 0.3) is 5.65 Å². The highest BCUT2D eigenvalue weighted by molar-refractivity contribution is 6.31. The number of nitrogens with zero attached hydrogens (tertiary/aromatic N) is 3. The maximum atomic E-state index is 13.3. The summed E-state index contributed by atoms with van der Waals surface area (Å²) in [6, 6.07) is 8.19. The Balaban J connectivity index is 1.79. The zero-order valence-corrected chi connectivity index (χ0v) is 15.9. The first-order chi connectivity index (χ1) is 13.5. The van der Waals surface area contributed by atoms with Gasteiger partial charge in [-0.25, -0.2) is 9.50 Å². The minimum Gasteiger partial charge on any atom is -0.394 e. The number of fused-ring (bicyclic) bond motifs is 1. The molecule has 28 heavy (non-hydrogen) atoms. The van der Waals surface area contributed by atoms with E-state index in [0.717, 1.165) is 5.69 Å². The Morgan fingerprint density at radius 2 is 2.21 bits per heavy atom. The molecule has 3 heterocycles. The second kappa shape index (κ2) is 7.38. The molecule has 2 aromatic heterocycles. The molecule has 1 saturated heterocycles. The lowest BCUT2D eigenvalue weighted by Gasteiger charge is -2.41. The van der Waals surface area contributed by atoms with E-state index < -0.39 is 23.6 Å². The highest BCUT2D eigenvalue weighted by Crippen LogP contribution is 2.34. The first-order valence-corrected chi connectivity index (χ1v) is 9.24. The van der Waals surface area contributed by atoms with Gasteiger partial charge in [0.15, 0.2) is 5.65 Å². The molecule has 2 N–H and O–H groups in total. The van der Waals surface area contributed by atoms with Gasteiger partial charge in [-0.2, -0.15) is 0 Å². The summed E-state index contributed by atoms with van der Waals surface area (Å²) in [5.41, 5.74) is 1.32. The Bertz CT molecular complexity index is 1090. The van der Waals surface area contributed by atoms with Crippen LogP contribution in [-0.2, 0) is 4.74 Å². The van der Waals surface area contributed by atoms with E-state index in [2.05, 4.69) is 10.1 Å². The molecule has 0 aliphatic carbocycles. The number of ether oxygens (including phenoxy) is 1. The third-order valence-electron chi connectivity index (χ3n) is 4.87. The van der Waals surface area contributed by atoms with Gasteiger partial charge in [-0.1, -0.05) is 29.8 Å². The van der Waals surface area contributed by atoms with Crippen LogP contribution >= 0.6 is 11.6 Å². The fourth-order valence-electron chi connectivity index (χ4n) is 3.58. The van der Waals surface area contributed by atoms with Crippen molar-refractivity contribution in [2.24, 2.45) is 0 Å². The Morgan fingerprint density at radius 3 is 2.96 bits per heavy atom. The molecule has 1 aliphatic heterocycles. The van der Waals surface area contributed by atoms with E-state index in [1.165, 1.54) is 15.6 Å². The quantitative estimate of drug-likeness (QED) is 0.692. The molecule has 1 amide bonds. The van der Waals surface area contributed by atoms with E-state index in [0.29, 0.717) is 16.2 Å². The first kappa shape index (κ1) is 18.7. The summed E-state index contributed by atoms with van der Waals surface area (Å²) < 4.78 is 6.91. The van der Waals surface area contributed by atoms with Crippen molar-refractivity contribution < 1.29 is 14.6 Å². The molecular formula is C19H19ClN4O4. The summed E-state index contributed by atoms with van der Waals surface area (Å²) in [5.74, 6) is -0.481. The predicted molar refractivity (Wildman–Crippen MR) is 103 cm³/mol. The zero-order valence-electron chi connectivity index (χ0n) is 15.1. The van der Waals surface area contributed by atoms with Crippen molar-refractivity contribution in [3.05, 3.63) is 68.7 Å². The summed E-state index contributed by atoms with van der Waals surface area (Å²) in [4.78, 5) is 31.9. The second-order valence-corrected chi connectivity index (χ2v) is 7.07. The van der Waals surface area contributed by atoms with Gasteiger partial charge in [-0.05, 0) is 18.6 Å². The molecule has 1 aliphatic rings. The highest BCUT2D eigenvalue weighted by Gasteiger charge is 2.38. The smallest absolute Gasteiger partial charge is 0.285 e. The van der Waals surface area contributed by atoms with Gasteiger partial charge in [0.2, 0.25) is 0 Å². The van der Waals surface area contributed by atoms with Crippen molar-refractivity contribution in [1.82, 2.24) is 19.5 Å². The van der Waals surface area contributed by atoms with Crippen LogP contribution in [-0.4, -0.2) is 56.4 Å². The molecule has 0 unspecified atom stereocenters. The Hall–Kier alpha value is -2.68. The normalized spacial score (nSPS) is 19.9. The van der Waals surface area contributed by atoms with Gasteiger partial charge in [0.05, 0.1) is 19.3 Å². The summed E-state index contributed by atoms with van der Waals surface area (Å²) in [7, 11) is 0. The number of hydrogen-bond acceptors (Lipinski definition) is 5. The third kappa shape index (κ3) is 3.09. The van der Waals surface area contributed by atoms with Crippen LogP contribution in [0.3, 0.4) is 0 Å². The number of nitrogens with one attached hydrogen (secondary N) is 1. The third-order valence-corrected chi connectivity index (χ3v) is 5.21. The lowest BCUT2D eigenvalue weighted by atomic mass is 9.97. The van der Waals surface area contributed by atoms with Crippen molar-refractivity contribution >= 4 is 23.2 Å². The minimum atomic E-state index is -0.648. The van der Waals surface area contributed by atoms with Crippen molar-refractivity contribution in [2.45, 2.75) is 19.1 Å². The van der Waals surface area contributed by atoms with Crippen LogP contribution in [0.2, 0.25) is 5.02 Å². The molecular weight excluding hydrogens is 384 g/mol. The molecule has 146 valence electrons. The maximum Gasteiger partial charge on any atom is 0.285 e. The largest absolute Gasteiger partial charge is 0.394 e. The number of amides is 1. The van der Waals surface area contributed by atoms with E-state index in [4.69, 9.17) is 16.3 Å². The fraction of sp³-hybridized carbons (Fsp3) is 0.316. The number of carbonyl (C=O) groups is 1. The molecule has 0 bridgehead atoms. The van der Waals surface area contributed by atoms with Crippen molar-refractivity contribution in [1.29, 1.82) is 0 Å². The SMILES string of the molecule is Cc1cc2ncc(C(=O)N3CCO[C@@H](CO)[C@@H]3c3ccccc3Cl)c(=O)n2[nH]1. The number of benzene rings is 1. The van der Waals surface area contributed by atoms with Crippen LogP contribution in [0.1, 0.15) is 27.7 Å². The molecule has 0 spiro atoms. The molecule has 0 saturated carbocycles. The number of aliphatic hydroxyl groups is 1. The van der Waals surface area contributed by atoms with Crippen LogP contribution in [0, 0.1) is 6.92 Å². The summed E-state index contributed by atoms with van der Waals surface area (Å²) in [6.07, 6.45) is 0.644. The van der Waals surface area contributed by atoms with Crippen LogP contribution < -0.4 is 5.56 Å². The molecule has 1 aromatic carbocycles. The fourth-order valence-corrected chi connectivity index (χ4v) is 3.83. The molecule has 0 radical (unpaired) electrons. The van der Waals surface area contributed by atoms with Gasteiger partial charge in [0, 0.05) is 29.5 Å². The number of halogens is 1. The van der Waals surface area contributed by atoms with E-state index in [1.54, 1.807) is 37.3 Å². The van der Waals surface area contributed by atoms with Crippen molar-refractivity contribution in [3.63, 3.8) is 0 Å². The van der Waals surface area contributed by atoms with Gasteiger partial charge in [-0.3, -0.25) is 14.7 Å². The van der Waals surface area contributed by atoms with Crippen molar-refractivity contribution in [2.75, 3.05) is 19.8 Å². The Kier molecular flexibility index (Phi) is 4.92. The number of hydrogen-bond donors (Lipinski definition) is 2. The number of carbonyl (C=O) groups excluding carboxylic acids is 1. The average Bonchev–Trinajstić information content (AvgIpc) is 3.09. The zero-order chi connectivity index (χ0) is 19.8. The second-order valence-electron chi connectivity index (χ2n) is 6.67. The molecule has 3 aromatic rings. The summed E-state index contributed by atoms with van der Waals surface area (Å²) in [5, 5.41) is 13.1. The number of morpholine rings is 1. The van der Waals surface area contributed by atoms with E-state index in [-0.39, 0.29) is 25.3 Å². The van der Waals surface area contributed by atoms with E-state index in [1.807, 2.05) is 0 Å². The number of aromatic amines is 1. The number of aromatic nitrogens is 3. The monoisotopic (exact) mass is 402 g/mol. The Labute approximate surface area is 165 Å². The molecule has 8 nitrogen and oxygen atoms in total. The molecule has 2 atom stereocenters. The average molecular weight is 403 g/mol. The number of aliphatic hydroxyl groups excluding tert-OH is 1. The minimum absolute atomic E-state index is 0.0602. The van der Waals surface area contributed by atoms with Crippen LogP contribution in [0.15, 0.2) is 41.3 Å². The summed E-state index contributed by atoms with van der Waals surface area (Å²) in [6.45, 7) is 2.02. The lowest BCUT2D eigenvalue weighted by molar-refractivity contribution is -0.0811. The molecule has 1 fully saturated rings. The van der Waals surface area contributed by atoms with Crippen LogP contribution in [0.4, 0.5) is 0 Å². The maximum absolute atomic E-state index is 13.3. The topological polar surface area (TPSA) is 99.9 Å². The number of rotatable bonds is 3. The van der Waals surface area contributed by atoms with Gasteiger partial charge in [0.25, 0.3) is 11.5 Å². The first-order valence-electron chi connectivity index (χ1n) is 8.86. The molecule has 4 rings (SSSR count). The predicted octanol–water partition coefficient (Wildman–Crippen LogP) is 1.56. The number of aryl methyl sites for hydroxylation is 1. The van der Waals surface area contributed by atoms with Gasteiger partial charge >= 0.3 is 0 Å². The molecule has 9 heteroatoms. The van der Waals surface area contributed by atoms with E-state index >= 15 is 0 Å². The summed E-state index contributed by atoms with van der Waals surface area (Å²) >= 11 is 6.35. The van der Waals surface area contributed by atoms with E-state index in [9.17, 15) is 14.7 Å². The van der Waals surface area contributed by atoms with Gasteiger partial charge in [-0.15, -0.1) is 0 Å². The highest BCUT2D eigenvalue weighted by atomic mass is 35.5. The van der Waals surface area contributed by atoms with Gasteiger partial charge < -0.3 is 14.7 Å².